The highest BCUT2D eigenvalue weighted by Crippen LogP contribution is 2.18. The zero-order valence-electron chi connectivity index (χ0n) is 19.0. The molecular weight excluding hydrogens is 418 g/mol. The van der Waals surface area contributed by atoms with Crippen molar-refractivity contribution < 1.29 is 24.3 Å². The summed E-state index contributed by atoms with van der Waals surface area (Å²) in [5, 5.41) is 14.5. The third-order valence-electron chi connectivity index (χ3n) is 5.19. The molecular formula is C20H37N7O5. The van der Waals surface area contributed by atoms with Crippen LogP contribution in [0.15, 0.2) is 4.99 Å². The molecule has 0 aromatic heterocycles. The molecule has 0 saturated carbocycles. The van der Waals surface area contributed by atoms with Gasteiger partial charge in [-0.25, -0.2) is 4.79 Å². The Morgan fingerprint density at radius 3 is 2.34 bits per heavy atom. The minimum Gasteiger partial charge on any atom is -0.480 e. The third kappa shape index (κ3) is 8.69. The van der Waals surface area contributed by atoms with E-state index in [-0.39, 0.29) is 11.9 Å². The number of aliphatic carboxylic acids is 1. The molecule has 1 aliphatic rings. The zero-order valence-corrected chi connectivity index (χ0v) is 19.0. The number of carbonyl (C=O) groups excluding carboxylic acids is 3. The Morgan fingerprint density at radius 2 is 1.78 bits per heavy atom. The first-order valence-corrected chi connectivity index (χ1v) is 10.9. The number of hydrogen-bond donors (Lipinski definition) is 6. The molecule has 0 spiro atoms. The molecule has 0 aromatic rings. The van der Waals surface area contributed by atoms with E-state index in [4.69, 9.17) is 17.2 Å². The third-order valence-corrected chi connectivity index (χ3v) is 5.19. The van der Waals surface area contributed by atoms with Crippen LogP contribution in [-0.2, 0) is 19.2 Å². The van der Waals surface area contributed by atoms with Gasteiger partial charge in [-0.2, -0.15) is 0 Å². The van der Waals surface area contributed by atoms with Crippen molar-refractivity contribution in [1.29, 1.82) is 0 Å². The van der Waals surface area contributed by atoms with Gasteiger partial charge < -0.3 is 37.8 Å². The largest absolute Gasteiger partial charge is 0.480 e. The molecule has 1 heterocycles. The molecule has 4 unspecified atom stereocenters. The van der Waals surface area contributed by atoms with E-state index in [1.54, 1.807) is 0 Å². The molecule has 182 valence electrons. The molecule has 1 aliphatic heterocycles. The topological polar surface area (TPSA) is 206 Å². The molecule has 12 heteroatoms. The second-order valence-electron chi connectivity index (χ2n) is 8.50. The summed E-state index contributed by atoms with van der Waals surface area (Å²) >= 11 is 0. The molecule has 1 rings (SSSR count). The van der Waals surface area contributed by atoms with E-state index >= 15 is 0 Å². The van der Waals surface area contributed by atoms with Crippen LogP contribution in [0.2, 0.25) is 0 Å². The summed E-state index contributed by atoms with van der Waals surface area (Å²) in [6.07, 6.45) is 2.16. The van der Waals surface area contributed by atoms with Gasteiger partial charge in [0.15, 0.2) is 5.96 Å². The number of carbonyl (C=O) groups is 4. The molecule has 9 N–H and O–H groups in total. The number of nitrogens with zero attached hydrogens (tertiary/aromatic N) is 2. The van der Waals surface area contributed by atoms with Crippen molar-refractivity contribution in [2.45, 2.75) is 77.0 Å². The van der Waals surface area contributed by atoms with Gasteiger partial charge in [-0.1, -0.05) is 13.8 Å². The molecule has 0 bridgehead atoms. The van der Waals surface area contributed by atoms with Crippen LogP contribution >= 0.6 is 0 Å². The van der Waals surface area contributed by atoms with Crippen LogP contribution in [0.1, 0.15) is 52.9 Å². The van der Waals surface area contributed by atoms with Crippen LogP contribution in [0.4, 0.5) is 0 Å². The smallest absolute Gasteiger partial charge is 0.326 e. The number of carboxylic acid groups (broad SMARTS) is 1. The summed E-state index contributed by atoms with van der Waals surface area (Å²) in [4.78, 5) is 54.4. The Bertz CT molecular complexity index is 708. The van der Waals surface area contributed by atoms with Gasteiger partial charge in [0, 0.05) is 13.1 Å². The number of nitrogens with two attached hydrogens (primary N) is 3. The maximum atomic E-state index is 12.8. The predicted octanol–water partition coefficient (Wildman–Crippen LogP) is -1.52. The van der Waals surface area contributed by atoms with E-state index in [2.05, 4.69) is 15.6 Å². The molecule has 0 aromatic carbocycles. The average Bonchev–Trinajstić information content (AvgIpc) is 3.19. The van der Waals surface area contributed by atoms with Gasteiger partial charge in [0.1, 0.15) is 18.1 Å². The fourth-order valence-electron chi connectivity index (χ4n) is 3.54. The molecule has 3 amide bonds. The summed E-state index contributed by atoms with van der Waals surface area (Å²) in [7, 11) is 0. The summed E-state index contributed by atoms with van der Waals surface area (Å²) in [6.45, 7) is 5.97. The Labute approximate surface area is 188 Å². The minimum absolute atomic E-state index is 0.0380. The Morgan fingerprint density at radius 1 is 1.12 bits per heavy atom. The monoisotopic (exact) mass is 455 g/mol. The van der Waals surface area contributed by atoms with Gasteiger partial charge >= 0.3 is 5.97 Å². The summed E-state index contributed by atoms with van der Waals surface area (Å²) in [5.74, 6) is -2.48. The molecule has 0 radical (unpaired) electrons. The van der Waals surface area contributed by atoms with Gasteiger partial charge in [-0.3, -0.25) is 19.4 Å². The SMILES string of the molecule is CC(C)CC(NC(=O)C(N)CCCN=C(N)N)C(=O)NC(C)C(=O)N1CCCC1C(=O)O. The van der Waals surface area contributed by atoms with E-state index in [9.17, 15) is 24.3 Å². The van der Waals surface area contributed by atoms with E-state index in [1.807, 2.05) is 13.8 Å². The van der Waals surface area contributed by atoms with E-state index in [0.29, 0.717) is 45.2 Å². The summed E-state index contributed by atoms with van der Waals surface area (Å²) in [5.41, 5.74) is 16.4. The normalized spacial score (nSPS) is 18.5. The summed E-state index contributed by atoms with van der Waals surface area (Å²) in [6, 6.07) is -3.53. The highest BCUT2D eigenvalue weighted by molar-refractivity contribution is 5.94. The highest BCUT2D eigenvalue weighted by Gasteiger charge is 2.37. The standard InChI is InChI=1S/C20H37N7O5/c1-11(2)10-14(26-16(28)13(21)6-4-8-24-20(22)23)17(29)25-12(3)18(30)27-9-5-7-15(27)19(31)32/h11-15H,4-10,21H2,1-3H3,(H,25,29)(H,26,28)(H,31,32)(H4,22,23,24). The molecule has 1 fully saturated rings. The predicted molar refractivity (Wildman–Crippen MR) is 119 cm³/mol. The second kappa shape index (κ2) is 12.8. The van der Waals surface area contributed by atoms with Crippen molar-refractivity contribution in [3.05, 3.63) is 0 Å². The van der Waals surface area contributed by atoms with Crippen molar-refractivity contribution in [1.82, 2.24) is 15.5 Å². The Kier molecular flexibility index (Phi) is 10.9. The van der Waals surface area contributed by atoms with Crippen LogP contribution in [0, 0.1) is 5.92 Å². The first kappa shape index (κ1) is 27.1. The van der Waals surface area contributed by atoms with Crippen LogP contribution in [0.5, 0.6) is 0 Å². The number of carboxylic acids is 1. The van der Waals surface area contributed by atoms with Crippen LogP contribution in [0.3, 0.4) is 0 Å². The quantitative estimate of drug-likeness (QED) is 0.115. The molecule has 0 aliphatic carbocycles. The van der Waals surface area contributed by atoms with Crippen molar-refractivity contribution >= 4 is 29.7 Å². The van der Waals surface area contributed by atoms with Crippen molar-refractivity contribution in [2.75, 3.05) is 13.1 Å². The van der Waals surface area contributed by atoms with Crippen molar-refractivity contribution in [3.63, 3.8) is 0 Å². The molecule has 4 atom stereocenters. The van der Waals surface area contributed by atoms with Gasteiger partial charge in [-0.15, -0.1) is 0 Å². The van der Waals surface area contributed by atoms with Crippen LogP contribution in [0.25, 0.3) is 0 Å². The fraction of sp³-hybridized carbons (Fsp3) is 0.750. The van der Waals surface area contributed by atoms with Gasteiger partial charge in [0.2, 0.25) is 17.7 Å². The van der Waals surface area contributed by atoms with Gasteiger partial charge in [0.05, 0.1) is 6.04 Å². The van der Waals surface area contributed by atoms with E-state index in [0.717, 1.165) is 0 Å². The molecule has 1 saturated heterocycles. The van der Waals surface area contributed by atoms with Crippen LogP contribution < -0.4 is 27.8 Å². The Hall–Kier alpha value is -2.89. The number of aliphatic imine (C=N–C) groups is 1. The zero-order chi connectivity index (χ0) is 24.4. The highest BCUT2D eigenvalue weighted by atomic mass is 16.4. The van der Waals surface area contributed by atoms with Gasteiger partial charge in [0.25, 0.3) is 0 Å². The second-order valence-corrected chi connectivity index (χ2v) is 8.50. The van der Waals surface area contributed by atoms with Gasteiger partial charge in [-0.05, 0) is 44.9 Å². The lowest BCUT2D eigenvalue weighted by Gasteiger charge is -2.27. The number of rotatable bonds is 12. The fourth-order valence-corrected chi connectivity index (χ4v) is 3.54. The minimum atomic E-state index is -1.06. The lowest BCUT2D eigenvalue weighted by Crippen LogP contribution is -2.56. The number of hydrogen-bond acceptors (Lipinski definition) is 6. The number of amides is 3. The number of nitrogens with one attached hydrogen (secondary N) is 2. The Balaban J connectivity index is 2.70. The summed E-state index contributed by atoms with van der Waals surface area (Å²) < 4.78 is 0. The first-order valence-electron chi connectivity index (χ1n) is 10.9. The number of guanidine groups is 1. The van der Waals surface area contributed by atoms with Crippen molar-refractivity contribution in [3.8, 4) is 0 Å². The lowest BCUT2D eigenvalue weighted by atomic mass is 10.0. The number of likely N-dealkylation sites (tertiary alicyclic amines) is 1. The van der Waals surface area contributed by atoms with E-state index in [1.165, 1.54) is 11.8 Å². The maximum Gasteiger partial charge on any atom is 0.326 e. The first-order chi connectivity index (χ1) is 14.9. The molecule has 32 heavy (non-hydrogen) atoms. The van der Waals surface area contributed by atoms with E-state index < -0.39 is 47.9 Å². The average molecular weight is 456 g/mol. The lowest BCUT2D eigenvalue weighted by molar-refractivity contribution is -0.149. The maximum absolute atomic E-state index is 12.8. The van der Waals surface area contributed by atoms with Crippen LogP contribution in [-0.4, -0.2) is 76.9 Å². The van der Waals surface area contributed by atoms with Crippen molar-refractivity contribution in [2.24, 2.45) is 28.1 Å². The molecule has 12 nitrogen and oxygen atoms in total.